The van der Waals surface area contributed by atoms with Crippen molar-refractivity contribution >= 4 is 27.4 Å². The van der Waals surface area contributed by atoms with E-state index in [9.17, 15) is 0 Å². The second-order valence-electron chi connectivity index (χ2n) is 7.76. The maximum absolute atomic E-state index is 5.32. The van der Waals surface area contributed by atoms with Crippen molar-refractivity contribution in [3.8, 4) is 11.1 Å². The Balaban J connectivity index is 1.56. The Morgan fingerprint density at radius 3 is 2.89 bits per heavy atom. The van der Waals surface area contributed by atoms with Crippen LogP contribution >= 0.6 is 11.3 Å². The number of methoxy groups -OCH3 is 1. The lowest BCUT2D eigenvalue weighted by Gasteiger charge is -2.32. The molecule has 0 bridgehead atoms. The Morgan fingerprint density at radius 2 is 2.04 bits per heavy atom. The molecule has 1 N–H and O–H groups in total. The molecule has 2 aliphatic rings. The molecular weight excluding hydrogens is 368 g/mol. The van der Waals surface area contributed by atoms with Crippen LogP contribution in [0.3, 0.4) is 0 Å². The van der Waals surface area contributed by atoms with Crippen LogP contribution in [0.4, 0.5) is 5.82 Å². The first-order valence-corrected chi connectivity index (χ1v) is 11.0. The van der Waals surface area contributed by atoms with Crippen molar-refractivity contribution in [3.05, 3.63) is 41.5 Å². The predicted octanol–water partition coefficient (Wildman–Crippen LogP) is 4.54. The molecule has 0 radical (unpaired) electrons. The molecule has 0 aliphatic carbocycles. The van der Waals surface area contributed by atoms with Gasteiger partial charge in [0.25, 0.3) is 0 Å². The summed E-state index contributed by atoms with van der Waals surface area (Å²) >= 11 is 1.69. The number of nitrogens with zero attached hydrogens (tertiary/aromatic N) is 3. The summed E-state index contributed by atoms with van der Waals surface area (Å²) in [5.41, 5.74) is 2.43. The van der Waals surface area contributed by atoms with Gasteiger partial charge in [0, 0.05) is 36.7 Å². The van der Waals surface area contributed by atoms with Crippen molar-refractivity contribution < 1.29 is 4.74 Å². The predicted molar refractivity (Wildman–Crippen MR) is 115 cm³/mol. The van der Waals surface area contributed by atoms with Gasteiger partial charge in [0.05, 0.1) is 5.39 Å². The molecule has 0 saturated carbocycles. The van der Waals surface area contributed by atoms with Gasteiger partial charge in [-0.15, -0.1) is 11.3 Å². The highest BCUT2D eigenvalue weighted by molar-refractivity contribution is 7.17. The fourth-order valence-corrected chi connectivity index (χ4v) is 5.67. The molecule has 146 valence electrons. The Kier molecular flexibility index (Phi) is 5.01. The van der Waals surface area contributed by atoms with Gasteiger partial charge in [0.2, 0.25) is 0 Å². The third kappa shape index (κ3) is 3.30. The molecule has 2 fully saturated rings. The van der Waals surface area contributed by atoms with Gasteiger partial charge in [0.1, 0.15) is 17.3 Å². The first kappa shape index (κ1) is 18.0. The van der Waals surface area contributed by atoms with E-state index >= 15 is 0 Å². The van der Waals surface area contributed by atoms with Gasteiger partial charge >= 0.3 is 0 Å². The van der Waals surface area contributed by atoms with Gasteiger partial charge < -0.3 is 10.1 Å². The topological polar surface area (TPSA) is 50.3 Å². The molecule has 2 saturated heterocycles. The quantitative estimate of drug-likeness (QED) is 0.688. The fourth-order valence-electron chi connectivity index (χ4n) is 4.71. The van der Waals surface area contributed by atoms with Crippen LogP contribution in [-0.2, 0) is 11.3 Å². The lowest BCUT2D eigenvalue weighted by molar-refractivity contribution is 0.178. The second kappa shape index (κ2) is 7.78. The molecule has 28 heavy (non-hydrogen) atoms. The van der Waals surface area contributed by atoms with E-state index in [1.807, 2.05) is 0 Å². The van der Waals surface area contributed by atoms with E-state index in [1.54, 1.807) is 18.4 Å². The SMILES string of the molecule is COCc1nc(NC2CCN3CCCCC23)c2c(-c3ccccc3)csc2n1. The summed E-state index contributed by atoms with van der Waals surface area (Å²) in [5.74, 6) is 1.71. The van der Waals surface area contributed by atoms with E-state index in [0.717, 1.165) is 21.9 Å². The second-order valence-corrected chi connectivity index (χ2v) is 8.61. The summed E-state index contributed by atoms with van der Waals surface area (Å²) in [6.07, 6.45) is 5.13. The van der Waals surface area contributed by atoms with Gasteiger partial charge in [-0.3, -0.25) is 4.90 Å². The number of benzene rings is 1. The summed E-state index contributed by atoms with van der Waals surface area (Å²) < 4.78 is 5.32. The molecule has 0 spiro atoms. The van der Waals surface area contributed by atoms with Crippen molar-refractivity contribution in [1.29, 1.82) is 0 Å². The molecular formula is C22H26N4OS. The number of aromatic nitrogens is 2. The highest BCUT2D eigenvalue weighted by Gasteiger charge is 2.36. The molecule has 3 aromatic rings. The number of hydrogen-bond acceptors (Lipinski definition) is 6. The molecule has 2 atom stereocenters. The minimum Gasteiger partial charge on any atom is -0.377 e. The van der Waals surface area contributed by atoms with Crippen LogP contribution in [0.5, 0.6) is 0 Å². The number of fused-ring (bicyclic) bond motifs is 2. The number of rotatable bonds is 5. The van der Waals surface area contributed by atoms with Crippen molar-refractivity contribution in [3.63, 3.8) is 0 Å². The Labute approximate surface area is 169 Å². The lowest BCUT2D eigenvalue weighted by Crippen LogP contribution is -2.41. The smallest absolute Gasteiger partial charge is 0.158 e. The molecule has 1 aromatic carbocycles. The monoisotopic (exact) mass is 394 g/mol. The largest absolute Gasteiger partial charge is 0.377 e. The molecule has 2 aromatic heterocycles. The number of thiophene rings is 1. The average Bonchev–Trinajstić information content (AvgIpc) is 3.34. The minimum absolute atomic E-state index is 0.434. The van der Waals surface area contributed by atoms with Crippen LogP contribution in [0, 0.1) is 0 Å². The molecule has 2 aliphatic heterocycles. The van der Waals surface area contributed by atoms with Gasteiger partial charge in [-0.1, -0.05) is 36.8 Å². The molecule has 6 heteroatoms. The zero-order valence-electron chi connectivity index (χ0n) is 16.2. The zero-order valence-corrected chi connectivity index (χ0v) is 17.0. The van der Waals surface area contributed by atoms with Gasteiger partial charge in [-0.2, -0.15) is 0 Å². The first-order valence-electron chi connectivity index (χ1n) is 10.2. The maximum atomic E-state index is 5.32. The minimum atomic E-state index is 0.434. The molecule has 0 amide bonds. The summed E-state index contributed by atoms with van der Waals surface area (Å²) in [5, 5.41) is 7.19. The maximum Gasteiger partial charge on any atom is 0.158 e. The standard InChI is InChI=1S/C22H26N4OS/c1-27-13-19-24-21(23-17-10-12-26-11-6-5-9-18(17)26)20-16(14-28-22(20)25-19)15-7-3-2-4-8-15/h2-4,7-8,14,17-18H,5-6,9-13H2,1H3,(H,23,24,25). The van der Waals surface area contributed by atoms with Gasteiger partial charge in [-0.25, -0.2) is 9.97 Å². The van der Waals surface area contributed by atoms with Crippen LogP contribution in [0.1, 0.15) is 31.5 Å². The van der Waals surface area contributed by atoms with E-state index in [-0.39, 0.29) is 0 Å². The Bertz CT molecular complexity index is 958. The third-order valence-electron chi connectivity index (χ3n) is 6.02. The van der Waals surface area contributed by atoms with Crippen molar-refractivity contribution in [2.75, 3.05) is 25.5 Å². The highest BCUT2D eigenvalue weighted by atomic mass is 32.1. The van der Waals surface area contributed by atoms with Crippen molar-refractivity contribution in [2.45, 2.75) is 44.4 Å². The summed E-state index contributed by atoms with van der Waals surface area (Å²) in [4.78, 5) is 13.3. The molecule has 5 nitrogen and oxygen atoms in total. The molecule has 5 rings (SSSR count). The van der Waals surface area contributed by atoms with E-state index in [2.05, 4.69) is 45.9 Å². The first-order chi connectivity index (χ1) is 13.8. The summed E-state index contributed by atoms with van der Waals surface area (Å²) in [7, 11) is 1.70. The molecule has 4 heterocycles. The Hall–Kier alpha value is -2.02. The third-order valence-corrected chi connectivity index (χ3v) is 6.89. The number of piperidine rings is 1. The van der Waals surface area contributed by atoms with E-state index in [1.165, 1.54) is 49.9 Å². The number of ether oxygens (including phenoxy) is 1. The number of anilines is 1. The van der Waals surface area contributed by atoms with Gasteiger partial charge in [-0.05, 0) is 31.4 Å². The normalized spacial score (nSPS) is 22.5. The van der Waals surface area contributed by atoms with E-state index in [0.29, 0.717) is 18.7 Å². The van der Waals surface area contributed by atoms with Crippen LogP contribution in [-0.4, -0.2) is 47.2 Å². The van der Waals surface area contributed by atoms with E-state index in [4.69, 9.17) is 14.7 Å². The summed E-state index contributed by atoms with van der Waals surface area (Å²) in [6, 6.07) is 11.6. The Morgan fingerprint density at radius 1 is 1.14 bits per heavy atom. The van der Waals surface area contributed by atoms with Crippen molar-refractivity contribution in [2.24, 2.45) is 0 Å². The highest BCUT2D eigenvalue weighted by Crippen LogP contribution is 2.38. The van der Waals surface area contributed by atoms with Crippen LogP contribution in [0.15, 0.2) is 35.7 Å². The van der Waals surface area contributed by atoms with E-state index < -0.39 is 0 Å². The van der Waals surface area contributed by atoms with Crippen LogP contribution in [0.2, 0.25) is 0 Å². The average molecular weight is 395 g/mol. The van der Waals surface area contributed by atoms with Gasteiger partial charge in [0.15, 0.2) is 5.82 Å². The van der Waals surface area contributed by atoms with Crippen LogP contribution < -0.4 is 5.32 Å². The lowest BCUT2D eigenvalue weighted by atomic mass is 9.99. The number of hydrogen-bond donors (Lipinski definition) is 1. The summed E-state index contributed by atoms with van der Waals surface area (Å²) in [6.45, 7) is 2.87. The van der Waals surface area contributed by atoms with Crippen LogP contribution in [0.25, 0.3) is 21.3 Å². The fraction of sp³-hybridized carbons (Fsp3) is 0.455. The molecule has 2 unspecified atom stereocenters. The van der Waals surface area contributed by atoms with Crippen molar-refractivity contribution in [1.82, 2.24) is 14.9 Å². The number of nitrogens with one attached hydrogen (secondary N) is 1. The zero-order chi connectivity index (χ0) is 18.9.